The van der Waals surface area contributed by atoms with Gasteiger partial charge in [0.1, 0.15) is 0 Å². The lowest BCUT2D eigenvalue weighted by molar-refractivity contribution is -0.0607. The van der Waals surface area contributed by atoms with Crippen molar-refractivity contribution in [3.63, 3.8) is 0 Å². The van der Waals surface area contributed by atoms with Gasteiger partial charge in [-0.25, -0.2) is 0 Å². The normalized spacial score (nSPS) is 27.4. The Bertz CT molecular complexity index is 233. The maximum atomic E-state index is 2.65. The van der Waals surface area contributed by atoms with Gasteiger partial charge in [0.05, 0.1) is 0 Å². The fraction of sp³-hybridized carbons (Fsp3) is 1.00. The van der Waals surface area contributed by atoms with Crippen LogP contribution in [0.5, 0.6) is 0 Å². The van der Waals surface area contributed by atoms with Crippen molar-refractivity contribution in [2.45, 2.75) is 66.3 Å². The van der Waals surface area contributed by atoms with Gasteiger partial charge in [-0.3, -0.25) is 0 Å². The first-order valence-electron chi connectivity index (χ1n) is 7.06. The predicted molar refractivity (Wildman–Crippen MR) is 70.6 cm³/mol. The van der Waals surface area contributed by atoms with Crippen molar-refractivity contribution in [3.05, 3.63) is 0 Å². The van der Waals surface area contributed by atoms with Gasteiger partial charge in [0.15, 0.2) is 0 Å². The van der Waals surface area contributed by atoms with Crippen molar-refractivity contribution >= 4 is 0 Å². The zero-order valence-corrected chi connectivity index (χ0v) is 11.8. The Labute approximate surface area is 102 Å². The Hall–Kier alpha value is -0.0400. The summed E-state index contributed by atoms with van der Waals surface area (Å²) in [6.45, 7) is 14.6. The number of rotatable bonds is 1. The molecule has 2 rings (SSSR count). The van der Waals surface area contributed by atoms with Crippen LogP contribution in [0.25, 0.3) is 0 Å². The predicted octanol–water partition coefficient (Wildman–Crippen LogP) is 3.93. The van der Waals surface area contributed by atoms with Gasteiger partial charge in [-0.15, -0.1) is 0 Å². The first-order valence-corrected chi connectivity index (χ1v) is 7.06. The van der Waals surface area contributed by atoms with E-state index < -0.39 is 0 Å². The highest BCUT2D eigenvalue weighted by Gasteiger charge is 2.49. The summed E-state index contributed by atoms with van der Waals surface area (Å²) in [5.74, 6) is 0.984. The lowest BCUT2D eigenvalue weighted by Crippen LogP contribution is -2.51. The van der Waals surface area contributed by atoms with E-state index in [4.69, 9.17) is 0 Å². The molecule has 0 aromatic heterocycles. The molecule has 1 heterocycles. The number of piperidine rings is 1. The summed E-state index contributed by atoms with van der Waals surface area (Å²) in [6, 6.07) is 0.746. The van der Waals surface area contributed by atoms with Gasteiger partial charge >= 0.3 is 0 Å². The first-order chi connectivity index (χ1) is 7.32. The molecule has 1 saturated heterocycles. The SMILES string of the molecule is CC(C)N1CCC2(CC1)CC(C(C)(C)C)C2. The summed E-state index contributed by atoms with van der Waals surface area (Å²) >= 11 is 0. The summed E-state index contributed by atoms with van der Waals surface area (Å²) in [4.78, 5) is 2.65. The van der Waals surface area contributed by atoms with Crippen LogP contribution in [0.1, 0.15) is 60.3 Å². The quantitative estimate of drug-likeness (QED) is 0.651. The molecule has 1 nitrogen and oxygen atoms in total. The maximum absolute atomic E-state index is 2.65. The van der Waals surface area contributed by atoms with E-state index in [0.29, 0.717) is 5.41 Å². The lowest BCUT2D eigenvalue weighted by atomic mass is 9.52. The van der Waals surface area contributed by atoms with Crippen molar-refractivity contribution in [1.82, 2.24) is 4.90 Å². The summed E-state index contributed by atoms with van der Waals surface area (Å²) in [5.41, 5.74) is 1.30. The van der Waals surface area contributed by atoms with Crippen molar-refractivity contribution in [3.8, 4) is 0 Å². The second-order valence-electron chi connectivity index (χ2n) is 7.60. The molecule has 0 bridgehead atoms. The van der Waals surface area contributed by atoms with E-state index in [9.17, 15) is 0 Å². The Kier molecular flexibility index (Phi) is 3.11. The van der Waals surface area contributed by atoms with Gasteiger partial charge in [0, 0.05) is 6.04 Å². The van der Waals surface area contributed by atoms with E-state index in [1.807, 2.05) is 0 Å². The van der Waals surface area contributed by atoms with Crippen LogP contribution < -0.4 is 0 Å². The average Bonchev–Trinajstić information content (AvgIpc) is 2.12. The molecule has 0 aromatic rings. The third-order valence-corrected chi connectivity index (χ3v) is 5.17. The molecule has 0 aromatic carbocycles. The number of hydrogen-bond donors (Lipinski definition) is 0. The standard InChI is InChI=1S/C15H29N/c1-12(2)16-8-6-15(7-9-16)10-13(11-15)14(3,4)5/h12-13H,6-11H2,1-5H3. The number of hydrogen-bond acceptors (Lipinski definition) is 1. The van der Waals surface area contributed by atoms with Crippen molar-refractivity contribution in [2.75, 3.05) is 13.1 Å². The van der Waals surface area contributed by atoms with Crippen LogP contribution in [-0.2, 0) is 0 Å². The van der Waals surface area contributed by atoms with Crippen molar-refractivity contribution in [1.29, 1.82) is 0 Å². The fourth-order valence-corrected chi connectivity index (χ4v) is 3.52. The molecule has 94 valence electrons. The molecule has 1 saturated carbocycles. The Morgan fingerprint density at radius 2 is 1.56 bits per heavy atom. The number of likely N-dealkylation sites (tertiary alicyclic amines) is 1. The minimum Gasteiger partial charge on any atom is -0.301 e. The van der Waals surface area contributed by atoms with E-state index in [-0.39, 0.29) is 0 Å². The van der Waals surface area contributed by atoms with E-state index >= 15 is 0 Å². The first kappa shape index (κ1) is 12.4. The minimum atomic E-state index is 0.542. The van der Waals surface area contributed by atoms with Crippen molar-refractivity contribution in [2.24, 2.45) is 16.7 Å². The molecule has 1 spiro atoms. The highest BCUT2D eigenvalue weighted by molar-refractivity contribution is 5.00. The van der Waals surface area contributed by atoms with Gasteiger partial charge in [-0.2, -0.15) is 0 Å². The van der Waals surface area contributed by atoms with Crippen LogP contribution in [0.15, 0.2) is 0 Å². The van der Waals surface area contributed by atoms with Crippen LogP contribution in [0.2, 0.25) is 0 Å². The molecule has 0 atom stereocenters. The fourth-order valence-electron chi connectivity index (χ4n) is 3.52. The highest BCUT2D eigenvalue weighted by atomic mass is 15.2. The summed E-state index contributed by atoms with van der Waals surface area (Å²) in [7, 11) is 0. The summed E-state index contributed by atoms with van der Waals surface area (Å²) in [5, 5.41) is 0. The number of nitrogens with zero attached hydrogens (tertiary/aromatic N) is 1. The largest absolute Gasteiger partial charge is 0.301 e. The second-order valence-corrected chi connectivity index (χ2v) is 7.60. The van der Waals surface area contributed by atoms with E-state index in [2.05, 4.69) is 39.5 Å². The topological polar surface area (TPSA) is 3.24 Å². The van der Waals surface area contributed by atoms with Gasteiger partial charge in [0.2, 0.25) is 0 Å². The minimum absolute atomic E-state index is 0.542. The maximum Gasteiger partial charge on any atom is 0.00385 e. The van der Waals surface area contributed by atoms with Gasteiger partial charge < -0.3 is 4.90 Å². The molecule has 0 unspecified atom stereocenters. The second kappa shape index (κ2) is 4.01. The van der Waals surface area contributed by atoms with Gasteiger partial charge in [-0.05, 0) is 69.4 Å². The summed E-state index contributed by atoms with van der Waals surface area (Å²) in [6.07, 6.45) is 5.92. The Balaban J connectivity index is 1.83. The average molecular weight is 223 g/mol. The molecule has 16 heavy (non-hydrogen) atoms. The monoisotopic (exact) mass is 223 g/mol. The molecule has 2 aliphatic rings. The zero-order valence-electron chi connectivity index (χ0n) is 11.8. The van der Waals surface area contributed by atoms with E-state index in [0.717, 1.165) is 17.4 Å². The van der Waals surface area contributed by atoms with Crippen LogP contribution in [0, 0.1) is 16.7 Å². The molecule has 1 aliphatic carbocycles. The highest BCUT2D eigenvalue weighted by Crippen LogP contribution is 2.57. The van der Waals surface area contributed by atoms with Crippen LogP contribution in [0.3, 0.4) is 0 Å². The molecular weight excluding hydrogens is 194 g/mol. The van der Waals surface area contributed by atoms with Crippen molar-refractivity contribution < 1.29 is 0 Å². The zero-order chi connectivity index (χ0) is 12.0. The van der Waals surface area contributed by atoms with E-state index in [1.165, 1.54) is 38.8 Å². The smallest absolute Gasteiger partial charge is 0.00385 e. The molecule has 0 amide bonds. The molecule has 0 N–H and O–H groups in total. The molecule has 1 aliphatic heterocycles. The van der Waals surface area contributed by atoms with Gasteiger partial charge in [-0.1, -0.05) is 20.8 Å². The molecule has 1 heteroatoms. The van der Waals surface area contributed by atoms with Gasteiger partial charge in [0.25, 0.3) is 0 Å². The lowest BCUT2D eigenvalue weighted by Gasteiger charge is -2.56. The molecular formula is C15H29N. The third kappa shape index (κ3) is 2.30. The molecule has 2 fully saturated rings. The molecule has 0 radical (unpaired) electrons. The van der Waals surface area contributed by atoms with Crippen LogP contribution in [0.4, 0.5) is 0 Å². The summed E-state index contributed by atoms with van der Waals surface area (Å²) < 4.78 is 0. The van der Waals surface area contributed by atoms with Crippen LogP contribution in [-0.4, -0.2) is 24.0 Å². The Morgan fingerprint density at radius 1 is 1.06 bits per heavy atom. The van der Waals surface area contributed by atoms with Crippen LogP contribution >= 0.6 is 0 Å². The Morgan fingerprint density at radius 3 is 1.94 bits per heavy atom. The third-order valence-electron chi connectivity index (χ3n) is 5.17. The van der Waals surface area contributed by atoms with E-state index in [1.54, 1.807) is 0 Å².